The van der Waals surface area contributed by atoms with Crippen LogP contribution in [0.1, 0.15) is 28.1 Å². The third kappa shape index (κ3) is 4.22. The topological polar surface area (TPSA) is 39.9 Å². The average molecular weight is 438 g/mol. The number of halogens is 1. The van der Waals surface area contributed by atoms with Gasteiger partial charge in [0.05, 0.1) is 0 Å². The highest BCUT2D eigenvalue weighted by Crippen LogP contribution is 2.28. The summed E-state index contributed by atoms with van der Waals surface area (Å²) in [5.74, 6) is 0.521. The summed E-state index contributed by atoms with van der Waals surface area (Å²) in [4.78, 5) is 20.2. The lowest BCUT2D eigenvalue weighted by Gasteiger charge is -2.38. The number of hydrogen-bond acceptors (Lipinski definition) is 4. The summed E-state index contributed by atoms with van der Waals surface area (Å²) in [6.45, 7) is 8.72. The van der Waals surface area contributed by atoms with Crippen LogP contribution in [0.4, 0.5) is 0 Å². The average Bonchev–Trinajstić information content (AvgIpc) is 3.41. The first-order valence-electron chi connectivity index (χ1n) is 11.1. The molecule has 0 saturated carbocycles. The molecule has 3 aromatic rings. The van der Waals surface area contributed by atoms with Crippen molar-refractivity contribution in [3.05, 3.63) is 70.4 Å². The Labute approximate surface area is 188 Å². The molecule has 5 nitrogen and oxygen atoms in total. The Morgan fingerprint density at radius 3 is 2.52 bits per heavy atom. The summed E-state index contributed by atoms with van der Waals surface area (Å²) < 4.78 is 5.91. The number of benzene rings is 2. The van der Waals surface area contributed by atoms with E-state index in [2.05, 4.69) is 21.9 Å². The molecule has 2 saturated heterocycles. The molecule has 2 aliphatic heterocycles. The second kappa shape index (κ2) is 8.65. The van der Waals surface area contributed by atoms with Gasteiger partial charge in [-0.1, -0.05) is 41.9 Å². The molecule has 2 aliphatic rings. The third-order valence-corrected chi connectivity index (χ3v) is 6.98. The maximum atomic E-state index is 13.1. The summed E-state index contributed by atoms with van der Waals surface area (Å²) >= 11 is 5.99. The molecule has 3 heterocycles. The maximum absolute atomic E-state index is 13.1. The highest BCUT2D eigenvalue weighted by molar-refractivity contribution is 6.30. The van der Waals surface area contributed by atoms with E-state index < -0.39 is 0 Å². The van der Waals surface area contributed by atoms with E-state index in [9.17, 15) is 4.79 Å². The van der Waals surface area contributed by atoms with E-state index in [0.29, 0.717) is 11.8 Å². The zero-order valence-corrected chi connectivity index (χ0v) is 18.6. The zero-order chi connectivity index (χ0) is 21.4. The Morgan fingerprint density at radius 1 is 1.03 bits per heavy atom. The van der Waals surface area contributed by atoms with Gasteiger partial charge in [-0.25, -0.2) is 0 Å². The van der Waals surface area contributed by atoms with Crippen molar-refractivity contribution in [1.29, 1.82) is 0 Å². The molecule has 6 heteroatoms. The fourth-order valence-corrected chi connectivity index (χ4v) is 5.01. The Balaban J connectivity index is 1.17. The lowest BCUT2D eigenvalue weighted by atomic mass is 10.1. The number of likely N-dealkylation sites (tertiary alicyclic amines) is 1. The number of amides is 1. The first kappa shape index (κ1) is 20.6. The van der Waals surface area contributed by atoms with Gasteiger partial charge >= 0.3 is 0 Å². The van der Waals surface area contributed by atoms with Gasteiger partial charge < -0.3 is 9.32 Å². The first-order valence-corrected chi connectivity index (χ1v) is 11.4. The van der Waals surface area contributed by atoms with E-state index in [1.807, 2.05) is 48.2 Å². The van der Waals surface area contributed by atoms with Crippen LogP contribution in [0.25, 0.3) is 11.0 Å². The number of rotatable bonds is 4. The zero-order valence-electron chi connectivity index (χ0n) is 17.9. The molecular weight excluding hydrogens is 410 g/mol. The molecule has 1 aromatic heterocycles. The van der Waals surface area contributed by atoms with Gasteiger partial charge in [0.1, 0.15) is 5.58 Å². The number of nitrogens with zero attached hydrogens (tertiary/aromatic N) is 3. The van der Waals surface area contributed by atoms with Crippen LogP contribution < -0.4 is 0 Å². The lowest BCUT2D eigenvalue weighted by molar-refractivity contribution is 0.0709. The minimum absolute atomic E-state index is 0.0255. The van der Waals surface area contributed by atoms with Gasteiger partial charge in [-0.05, 0) is 37.1 Å². The van der Waals surface area contributed by atoms with E-state index >= 15 is 0 Å². The van der Waals surface area contributed by atoms with Crippen molar-refractivity contribution in [2.75, 3.05) is 39.3 Å². The molecule has 162 valence electrons. The quantitative estimate of drug-likeness (QED) is 0.605. The Kier molecular flexibility index (Phi) is 5.74. The predicted octanol–water partition coefficient (Wildman–Crippen LogP) is 4.43. The molecule has 1 atom stereocenters. The van der Waals surface area contributed by atoms with Crippen LogP contribution in [-0.2, 0) is 6.54 Å². The molecule has 0 bridgehead atoms. The van der Waals surface area contributed by atoms with Crippen molar-refractivity contribution in [1.82, 2.24) is 14.7 Å². The van der Waals surface area contributed by atoms with Gasteiger partial charge in [-0.15, -0.1) is 0 Å². The molecule has 0 spiro atoms. The number of hydrogen-bond donors (Lipinski definition) is 0. The monoisotopic (exact) mass is 437 g/mol. The molecule has 0 unspecified atom stereocenters. The van der Waals surface area contributed by atoms with Crippen LogP contribution in [-0.4, -0.2) is 65.9 Å². The summed E-state index contributed by atoms with van der Waals surface area (Å²) in [5, 5.41) is 1.81. The highest BCUT2D eigenvalue weighted by Gasteiger charge is 2.34. The third-order valence-electron chi connectivity index (χ3n) is 6.73. The van der Waals surface area contributed by atoms with E-state index in [1.165, 1.54) is 5.56 Å². The van der Waals surface area contributed by atoms with Crippen LogP contribution in [0, 0.1) is 6.92 Å². The largest absolute Gasteiger partial charge is 0.451 e. The number of carbonyl (C=O) groups is 1. The van der Waals surface area contributed by atoms with E-state index in [1.54, 1.807) is 0 Å². The summed E-state index contributed by atoms with van der Waals surface area (Å²) in [7, 11) is 0. The van der Waals surface area contributed by atoms with Gasteiger partial charge in [-0.3, -0.25) is 14.6 Å². The molecule has 2 fully saturated rings. The van der Waals surface area contributed by atoms with Crippen LogP contribution in [0.15, 0.2) is 52.9 Å². The van der Waals surface area contributed by atoms with Crippen LogP contribution in [0.3, 0.4) is 0 Å². The second-order valence-electron chi connectivity index (χ2n) is 8.68. The molecule has 0 N–H and O–H groups in total. The van der Waals surface area contributed by atoms with Gasteiger partial charge in [-0.2, -0.15) is 0 Å². The van der Waals surface area contributed by atoms with Crippen molar-refractivity contribution in [2.45, 2.75) is 25.9 Å². The highest BCUT2D eigenvalue weighted by atomic mass is 35.5. The fraction of sp³-hybridized carbons (Fsp3) is 0.400. The first-order chi connectivity index (χ1) is 15.1. The molecule has 1 amide bonds. The van der Waals surface area contributed by atoms with E-state index in [0.717, 1.165) is 73.8 Å². The Morgan fingerprint density at radius 2 is 1.77 bits per heavy atom. The van der Waals surface area contributed by atoms with E-state index in [-0.39, 0.29) is 5.91 Å². The van der Waals surface area contributed by atoms with Crippen LogP contribution in [0.2, 0.25) is 5.02 Å². The normalized spacial score (nSPS) is 20.6. The number of para-hydroxylation sites is 1. The van der Waals surface area contributed by atoms with Crippen molar-refractivity contribution < 1.29 is 9.21 Å². The Hall–Kier alpha value is -2.34. The van der Waals surface area contributed by atoms with Crippen molar-refractivity contribution in [2.24, 2.45) is 0 Å². The molecule has 0 radical (unpaired) electrons. The minimum atomic E-state index is 0.0255. The summed E-state index contributed by atoms with van der Waals surface area (Å²) in [6.07, 6.45) is 1.03. The smallest absolute Gasteiger partial charge is 0.289 e. The molecule has 0 aliphatic carbocycles. The Bertz CT molecular complexity index is 1070. The fourth-order valence-electron chi connectivity index (χ4n) is 4.88. The number of carbonyl (C=O) groups excluding carboxylic acids is 1. The van der Waals surface area contributed by atoms with E-state index in [4.69, 9.17) is 16.0 Å². The lowest BCUT2D eigenvalue weighted by Crippen LogP contribution is -2.50. The van der Waals surface area contributed by atoms with Crippen LogP contribution in [0.5, 0.6) is 0 Å². The number of piperazine rings is 1. The van der Waals surface area contributed by atoms with Crippen molar-refractivity contribution >= 4 is 28.5 Å². The van der Waals surface area contributed by atoms with Crippen molar-refractivity contribution in [3.63, 3.8) is 0 Å². The van der Waals surface area contributed by atoms with Gasteiger partial charge in [0.15, 0.2) is 5.76 Å². The summed E-state index contributed by atoms with van der Waals surface area (Å²) in [6, 6.07) is 16.4. The summed E-state index contributed by atoms with van der Waals surface area (Å²) in [5.41, 5.74) is 3.03. The number of aryl methyl sites for hydroxylation is 1. The molecular formula is C25H28ClN3O2. The SMILES string of the molecule is Cc1c(C(=O)N2CC[C@@H](N3CCN(Cc4ccc(Cl)cc4)CC3)C2)oc2ccccc12. The standard InChI is InChI=1S/C25H28ClN3O2/c1-18-22-4-2-3-5-23(22)31-24(18)25(30)29-11-10-21(17-29)28-14-12-27(13-15-28)16-19-6-8-20(26)9-7-19/h2-9,21H,10-17H2,1H3/t21-/m1/s1. The van der Waals surface area contributed by atoms with Gasteiger partial charge in [0.25, 0.3) is 5.91 Å². The number of fused-ring (bicyclic) bond motifs is 1. The maximum Gasteiger partial charge on any atom is 0.289 e. The van der Waals surface area contributed by atoms with Gasteiger partial charge in [0, 0.05) is 67.8 Å². The minimum Gasteiger partial charge on any atom is -0.451 e. The van der Waals surface area contributed by atoms with Gasteiger partial charge in [0.2, 0.25) is 0 Å². The number of furan rings is 1. The molecule has 5 rings (SSSR count). The second-order valence-corrected chi connectivity index (χ2v) is 9.12. The molecule has 31 heavy (non-hydrogen) atoms. The predicted molar refractivity (Wildman–Crippen MR) is 124 cm³/mol. The van der Waals surface area contributed by atoms with Crippen LogP contribution >= 0.6 is 11.6 Å². The molecule has 2 aromatic carbocycles. The van der Waals surface area contributed by atoms with Crippen molar-refractivity contribution in [3.8, 4) is 0 Å².